The van der Waals surface area contributed by atoms with Gasteiger partial charge in [0, 0.05) is 16.0 Å². The predicted molar refractivity (Wildman–Crippen MR) is 142 cm³/mol. The summed E-state index contributed by atoms with van der Waals surface area (Å²) in [5.41, 5.74) is 2.52. The lowest BCUT2D eigenvalue weighted by Crippen LogP contribution is -2.34. The number of thiazole rings is 1. The van der Waals surface area contributed by atoms with Gasteiger partial charge < -0.3 is 4.74 Å². The van der Waals surface area contributed by atoms with E-state index in [-0.39, 0.29) is 29.8 Å². The van der Waals surface area contributed by atoms with Crippen LogP contribution in [0.3, 0.4) is 0 Å². The number of halogens is 2. The first-order valence-electron chi connectivity index (χ1n) is 10.4. The second-order valence-corrected chi connectivity index (χ2v) is 10.3. The van der Waals surface area contributed by atoms with Crippen LogP contribution in [0.1, 0.15) is 5.56 Å². The Morgan fingerprint density at radius 1 is 1.06 bits per heavy atom. The number of carbonyl (C=O) groups excluding carboxylic acids is 1. The van der Waals surface area contributed by atoms with Crippen LogP contribution in [0, 0.1) is 0 Å². The second kappa shape index (κ2) is 11.3. The maximum Gasteiger partial charge on any atom is 0.357 e. The standard InChI is InChI=1S/C24H19Cl2N3O5S2/c25-18-8-11-22(20(26)12-18)34-14-23(30)29(13-16-6-9-19(10-7-16)28-36(31,32)33)24-27-21(15-35-24)17-4-2-1-3-5-17/h1-12,15,28H,13-14H2,(H,31,32,33). The minimum atomic E-state index is -4.39. The fourth-order valence-corrected chi connectivity index (χ4v) is 4.96. The maximum atomic E-state index is 13.3. The third kappa shape index (κ3) is 6.96. The zero-order valence-corrected chi connectivity index (χ0v) is 21.6. The van der Waals surface area contributed by atoms with Gasteiger partial charge in [0.25, 0.3) is 5.91 Å². The van der Waals surface area contributed by atoms with E-state index >= 15 is 0 Å². The molecule has 3 aromatic carbocycles. The molecule has 2 N–H and O–H groups in total. The Kier molecular flexibility index (Phi) is 8.12. The van der Waals surface area contributed by atoms with Crippen LogP contribution in [0.2, 0.25) is 10.0 Å². The van der Waals surface area contributed by atoms with Crippen LogP contribution in [0.5, 0.6) is 5.75 Å². The summed E-state index contributed by atoms with van der Waals surface area (Å²) in [6.07, 6.45) is 0. The summed E-state index contributed by atoms with van der Waals surface area (Å²) < 4.78 is 38.7. The predicted octanol–water partition coefficient (Wildman–Crippen LogP) is 5.94. The zero-order chi connectivity index (χ0) is 25.7. The molecule has 0 bridgehead atoms. The minimum absolute atomic E-state index is 0.143. The van der Waals surface area contributed by atoms with Crippen LogP contribution < -0.4 is 14.4 Å². The molecule has 0 fully saturated rings. The SMILES string of the molecule is O=C(COc1ccc(Cl)cc1Cl)N(Cc1ccc(NS(=O)(=O)O)cc1)c1nc(-c2ccccc2)cs1. The van der Waals surface area contributed by atoms with Crippen molar-refractivity contribution in [3.8, 4) is 17.0 Å². The number of benzene rings is 3. The van der Waals surface area contributed by atoms with E-state index in [2.05, 4.69) is 4.98 Å². The van der Waals surface area contributed by atoms with E-state index < -0.39 is 10.3 Å². The molecule has 0 aliphatic rings. The van der Waals surface area contributed by atoms with Crippen LogP contribution >= 0.6 is 34.5 Å². The lowest BCUT2D eigenvalue weighted by Gasteiger charge is -2.21. The van der Waals surface area contributed by atoms with E-state index in [1.54, 1.807) is 24.3 Å². The molecule has 12 heteroatoms. The molecule has 0 saturated heterocycles. The third-order valence-corrected chi connectivity index (χ3v) is 6.77. The summed E-state index contributed by atoms with van der Waals surface area (Å²) in [6.45, 7) is -0.158. The molecule has 0 aliphatic heterocycles. The van der Waals surface area contributed by atoms with Crippen LogP contribution in [-0.2, 0) is 21.6 Å². The maximum absolute atomic E-state index is 13.3. The van der Waals surface area contributed by atoms with Crippen LogP contribution in [-0.4, -0.2) is 30.5 Å². The molecule has 1 amide bonds. The molecule has 1 aromatic heterocycles. The van der Waals surface area contributed by atoms with Gasteiger partial charge in [-0.15, -0.1) is 11.3 Å². The Hall–Kier alpha value is -3.15. The first-order valence-corrected chi connectivity index (χ1v) is 13.5. The van der Waals surface area contributed by atoms with Crippen LogP contribution in [0.4, 0.5) is 10.8 Å². The molecule has 36 heavy (non-hydrogen) atoms. The van der Waals surface area contributed by atoms with Crippen LogP contribution in [0.15, 0.2) is 78.2 Å². The Morgan fingerprint density at radius 2 is 1.78 bits per heavy atom. The summed E-state index contributed by atoms with van der Waals surface area (Å²) in [7, 11) is -4.39. The van der Waals surface area contributed by atoms with E-state index in [4.69, 9.17) is 32.5 Å². The van der Waals surface area contributed by atoms with Crippen molar-refractivity contribution in [1.82, 2.24) is 4.98 Å². The van der Waals surface area contributed by atoms with Crippen molar-refractivity contribution in [3.63, 3.8) is 0 Å². The molecule has 0 saturated carbocycles. The third-order valence-electron chi connectivity index (χ3n) is 4.88. The fourth-order valence-electron chi connectivity index (χ4n) is 3.21. The van der Waals surface area contributed by atoms with Crippen molar-refractivity contribution in [1.29, 1.82) is 0 Å². The van der Waals surface area contributed by atoms with Gasteiger partial charge in [-0.05, 0) is 35.9 Å². The zero-order valence-electron chi connectivity index (χ0n) is 18.5. The number of hydrogen-bond donors (Lipinski definition) is 2. The van der Waals surface area contributed by atoms with Crippen LogP contribution in [0.25, 0.3) is 11.3 Å². The second-order valence-electron chi connectivity index (χ2n) is 7.50. The van der Waals surface area contributed by atoms with Gasteiger partial charge in [0.1, 0.15) is 5.75 Å². The summed E-state index contributed by atoms with van der Waals surface area (Å²) in [6, 6.07) is 20.5. The smallest absolute Gasteiger partial charge is 0.357 e. The average molecular weight is 564 g/mol. The number of nitrogens with zero attached hydrogens (tertiary/aromatic N) is 2. The number of amides is 1. The average Bonchev–Trinajstić information content (AvgIpc) is 3.32. The van der Waals surface area contributed by atoms with Crippen molar-refractivity contribution in [2.24, 2.45) is 0 Å². The summed E-state index contributed by atoms with van der Waals surface area (Å²) in [4.78, 5) is 19.4. The molecular weight excluding hydrogens is 545 g/mol. The molecule has 0 atom stereocenters. The van der Waals surface area contributed by atoms with Gasteiger partial charge in [-0.3, -0.25) is 19.0 Å². The van der Waals surface area contributed by atoms with E-state index in [9.17, 15) is 13.2 Å². The van der Waals surface area contributed by atoms with Gasteiger partial charge in [-0.1, -0.05) is 65.7 Å². The topological polar surface area (TPSA) is 109 Å². The normalized spacial score (nSPS) is 11.2. The lowest BCUT2D eigenvalue weighted by molar-refractivity contribution is -0.120. The molecule has 4 rings (SSSR count). The fraction of sp³-hybridized carbons (Fsp3) is 0.0833. The highest BCUT2D eigenvalue weighted by atomic mass is 35.5. The number of ether oxygens (including phenoxy) is 1. The first kappa shape index (κ1) is 25.9. The number of hydrogen-bond acceptors (Lipinski definition) is 6. The molecule has 8 nitrogen and oxygen atoms in total. The van der Waals surface area contributed by atoms with Crippen molar-refractivity contribution in [2.45, 2.75) is 6.54 Å². The number of anilines is 2. The molecule has 186 valence electrons. The highest BCUT2D eigenvalue weighted by molar-refractivity contribution is 7.87. The van der Waals surface area contributed by atoms with Gasteiger partial charge in [0.15, 0.2) is 11.7 Å². The largest absolute Gasteiger partial charge is 0.482 e. The van der Waals surface area contributed by atoms with E-state index in [1.807, 2.05) is 40.4 Å². The van der Waals surface area contributed by atoms with E-state index in [0.29, 0.717) is 21.5 Å². The van der Waals surface area contributed by atoms with Gasteiger partial charge in [0.05, 0.1) is 22.9 Å². The van der Waals surface area contributed by atoms with Crippen molar-refractivity contribution >= 4 is 61.6 Å². The number of aromatic nitrogens is 1. The quantitative estimate of drug-likeness (QED) is 0.244. The number of carbonyl (C=O) groups is 1. The molecule has 0 aliphatic carbocycles. The van der Waals surface area contributed by atoms with E-state index in [1.165, 1.54) is 34.4 Å². The Bertz CT molecular complexity index is 1460. The highest BCUT2D eigenvalue weighted by Gasteiger charge is 2.21. The highest BCUT2D eigenvalue weighted by Crippen LogP contribution is 2.30. The first-order chi connectivity index (χ1) is 17.2. The molecule has 0 spiro atoms. The molecule has 0 radical (unpaired) electrons. The lowest BCUT2D eigenvalue weighted by atomic mass is 10.2. The van der Waals surface area contributed by atoms with Crippen molar-refractivity contribution < 1.29 is 22.5 Å². The van der Waals surface area contributed by atoms with Gasteiger partial charge in [-0.2, -0.15) is 8.42 Å². The van der Waals surface area contributed by atoms with Gasteiger partial charge in [-0.25, -0.2) is 4.98 Å². The Morgan fingerprint density at radius 3 is 2.44 bits per heavy atom. The summed E-state index contributed by atoms with van der Waals surface area (Å²) >= 11 is 13.4. The monoisotopic (exact) mass is 563 g/mol. The van der Waals surface area contributed by atoms with Gasteiger partial charge in [0.2, 0.25) is 0 Å². The van der Waals surface area contributed by atoms with Crippen molar-refractivity contribution in [2.75, 3.05) is 16.2 Å². The molecule has 0 unspecified atom stereocenters. The molecule has 4 aromatic rings. The molecule has 1 heterocycles. The van der Waals surface area contributed by atoms with Gasteiger partial charge >= 0.3 is 10.3 Å². The molecular formula is C24H19Cl2N3O5S2. The number of rotatable bonds is 9. The summed E-state index contributed by atoms with van der Waals surface area (Å²) in [5, 5.41) is 3.05. The summed E-state index contributed by atoms with van der Waals surface area (Å²) in [5.74, 6) is -0.0470. The minimum Gasteiger partial charge on any atom is -0.482 e. The number of nitrogens with one attached hydrogen (secondary N) is 1. The van der Waals surface area contributed by atoms with Crippen molar-refractivity contribution in [3.05, 3.63) is 93.8 Å². The Labute approximate surface area is 222 Å². The van der Waals surface area contributed by atoms with E-state index in [0.717, 1.165) is 11.3 Å². The Balaban J connectivity index is 1.57.